The molecule has 0 saturated heterocycles. The average Bonchev–Trinajstić information content (AvgIpc) is 2.17. The molecule has 0 aliphatic carbocycles. The molecule has 0 amide bonds. The predicted molar refractivity (Wildman–Crippen MR) is 52.6 cm³/mol. The first-order valence-electron chi connectivity index (χ1n) is 3.84. The van der Waals surface area contributed by atoms with Crippen LogP contribution in [0.15, 0.2) is 22.0 Å². The Labute approximate surface area is 82.9 Å². The van der Waals surface area contributed by atoms with Crippen LogP contribution in [0.25, 0.3) is 10.9 Å². The molecule has 0 unspecified atom stereocenters. The molecule has 1 N–H and O–H groups in total. The first-order valence-corrected chi connectivity index (χ1v) is 4.22. The van der Waals surface area contributed by atoms with Crippen molar-refractivity contribution in [1.82, 2.24) is 14.8 Å². The minimum Gasteiger partial charge on any atom is -0.358 e. The highest BCUT2D eigenvalue weighted by atomic mass is 35.5. The summed E-state index contributed by atoms with van der Waals surface area (Å²) in [5.74, 6) is 0. The van der Waals surface area contributed by atoms with E-state index in [0.29, 0.717) is 5.52 Å². The van der Waals surface area contributed by atoms with Gasteiger partial charge in [0.25, 0.3) is 5.56 Å². The fourth-order valence-electron chi connectivity index (χ4n) is 1.19. The maximum Gasteiger partial charge on any atom is 0.279 e. The van der Waals surface area contributed by atoms with E-state index < -0.39 is 11.0 Å². The molecule has 0 aromatic carbocycles. The van der Waals surface area contributed by atoms with Gasteiger partial charge in [-0.1, -0.05) is 11.6 Å². The van der Waals surface area contributed by atoms with E-state index >= 15 is 0 Å². The molecule has 0 bridgehead atoms. The SMILES string of the molecule is Cn1ncc2[nH]cc(Cl)c(=O)c2c1=O. The maximum absolute atomic E-state index is 11.5. The standard InChI is InChI=1S/C8H6ClN3O2/c1-12-8(14)6-5(3-11-12)10-2-4(9)7(6)13/h2-3H,1H3,(H,10,13). The summed E-state index contributed by atoms with van der Waals surface area (Å²) in [4.78, 5) is 25.8. The van der Waals surface area contributed by atoms with Crippen molar-refractivity contribution in [1.29, 1.82) is 0 Å². The lowest BCUT2D eigenvalue weighted by Crippen LogP contribution is -2.24. The summed E-state index contributed by atoms with van der Waals surface area (Å²) >= 11 is 5.60. The van der Waals surface area contributed by atoms with Crippen LogP contribution < -0.4 is 11.0 Å². The highest BCUT2D eigenvalue weighted by Gasteiger charge is 2.08. The zero-order valence-electron chi connectivity index (χ0n) is 7.24. The van der Waals surface area contributed by atoms with Gasteiger partial charge in [-0.05, 0) is 0 Å². The molecular formula is C8H6ClN3O2. The summed E-state index contributed by atoms with van der Waals surface area (Å²) in [5.41, 5.74) is -0.530. The van der Waals surface area contributed by atoms with Crippen molar-refractivity contribution in [3.8, 4) is 0 Å². The van der Waals surface area contributed by atoms with Crippen molar-refractivity contribution in [2.45, 2.75) is 0 Å². The maximum atomic E-state index is 11.5. The third-order valence-electron chi connectivity index (χ3n) is 1.94. The average molecular weight is 212 g/mol. The molecule has 2 aromatic heterocycles. The lowest BCUT2D eigenvalue weighted by Gasteiger charge is -1.99. The minimum atomic E-state index is -0.469. The van der Waals surface area contributed by atoms with Crippen LogP contribution >= 0.6 is 11.6 Å². The highest BCUT2D eigenvalue weighted by Crippen LogP contribution is 2.04. The van der Waals surface area contributed by atoms with Crippen molar-refractivity contribution in [2.24, 2.45) is 7.05 Å². The predicted octanol–water partition coefficient (Wildman–Crippen LogP) is 0.275. The number of aromatic amines is 1. The van der Waals surface area contributed by atoms with E-state index in [1.165, 1.54) is 19.4 Å². The summed E-state index contributed by atoms with van der Waals surface area (Å²) in [7, 11) is 1.47. The van der Waals surface area contributed by atoms with E-state index in [9.17, 15) is 9.59 Å². The number of hydrogen-bond acceptors (Lipinski definition) is 3. The van der Waals surface area contributed by atoms with Crippen molar-refractivity contribution < 1.29 is 0 Å². The molecule has 0 atom stereocenters. The van der Waals surface area contributed by atoms with Crippen molar-refractivity contribution in [3.63, 3.8) is 0 Å². The van der Waals surface area contributed by atoms with Gasteiger partial charge in [0.15, 0.2) is 0 Å². The summed E-state index contributed by atoms with van der Waals surface area (Å²) in [5, 5.41) is 3.81. The van der Waals surface area contributed by atoms with Gasteiger partial charge in [-0.3, -0.25) is 9.59 Å². The molecule has 0 saturated carbocycles. The second-order valence-corrected chi connectivity index (χ2v) is 3.23. The smallest absolute Gasteiger partial charge is 0.279 e. The highest BCUT2D eigenvalue weighted by molar-refractivity contribution is 6.30. The van der Waals surface area contributed by atoms with E-state index in [2.05, 4.69) is 10.1 Å². The number of fused-ring (bicyclic) bond motifs is 1. The second kappa shape index (κ2) is 2.95. The zero-order valence-corrected chi connectivity index (χ0v) is 8.00. The fourth-order valence-corrected chi connectivity index (χ4v) is 1.34. The van der Waals surface area contributed by atoms with Crippen molar-refractivity contribution in [2.75, 3.05) is 0 Å². The molecule has 2 aromatic rings. The Morgan fingerprint density at radius 2 is 2.21 bits per heavy atom. The van der Waals surface area contributed by atoms with Crippen LogP contribution in [0.2, 0.25) is 5.02 Å². The van der Waals surface area contributed by atoms with Crippen LogP contribution in [-0.2, 0) is 7.05 Å². The van der Waals surface area contributed by atoms with Gasteiger partial charge in [0.1, 0.15) is 10.4 Å². The summed E-state index contributed by atoms with van der Waals surface area (Å²) in [6, 6.07) is 0. The second-order valence-electron chi connectivity index (χ2n) is 2.83. The third-order valence-corrected chi connectivity index (χ3v) is 2.22. The number of pyridine rings is 1. The topological polar surface area (TPSA) is 67.8 Å². The number of nitrogens with zero attached hydrogens (tertiary/aromatic N) is 2. The molecule has 0 aliphatic heterocycles. The number of aryl methyl sites for hydroxylation is 1. The third kappa shape index (κ3) is 1.13. The Bertz CT molecular complexity index is 563. The van der Waals surface area contributed by atoms with Gasteiger partial charge < -0.3 is 4.98 Å². The van der Waals surface area contributed by atoms with Gasteiger partial charge in [0, 0.05) is 13.2 Å². The van der Waals surface area contributed by atoms with Gasteiger partial charge in [-0.25, -0.2) is 4.68 Å². The zero-order chi connectivity index (χ0) is 10.3. The molecular weight excluding hydrogens is 206 g/mol. The van der Waals surface area contributed by atoms with Crippen LogP contribution in [-0.4, -0.2) is 14.8 Å². The minimum absolute atomic E-state index is 0.000741. The first kappa shape index (κ1) is 8.96. The molecule has 0 spiro atoms. The molecule has 0 fully saturated rings. The summed E-state index contributed by atoms with van der Waals surface area (Å²) < 4.78 is 1.09. The van der Waals surface area contributed by atoms with Crippen LogP contribution in [0.5, 0.6) is 0 Å². The lowest BCUT2D eigenvalue weighted by molar-refractivity contribution is 0.716. The van der Waals surface area contributed by atoms with E-state index in [1.807, 2.05) is 0 Å². The van der Waals surface area contributed by atoms with E-state index in [0.717, 1.165) is 4.68 Å². The van der Waals surface area contributed by atoms with Crippen molar-refractivity contribution in [3.05, 3.63) is 38.0 Å². The molecule has 14 heavy (non-hydrogen) atoms. The van der Waals surface area contributed by atoms with Crippen LogP contribution in [0.1, 0.15) is 0 Å². The van der Waals surface area contributed by atoms with E-state index in [-0.39, 0.29) is 10.4 Å². The first-order chi connectivity index (χ1) is 6.61. The largest absolute Gasteiger partial charge is 0.358 e. The van der Waals surface area contributed by atoms with Crippen LogP contribution in [0.3, 0.4) is 0 Å². The molecule has 2 rings (SSSR count). The lowest BCUT2D eigenvalue weighted by atomic mass is 10.3. The van der Waals surface area contributed by atoms with E-state index in [4.69, 9.17) is 11.6 Å². The Morgan fingerprint density at radius 3 is 2.93 bits per heavy atom. The molecule has 72 valence electrons. The number of hydrogen-bond donors (Lipinski definition) is 1. The number of halogens is 1. The quantitative estimate of drug-likeness (QED) is 0.681. The van der Waals surface area contributed by atoms with Gasteiger partial charge in [-0.15, -0.1) is 0 Å². The molecule has 6 heteroatoms. The van der Waals surface area contributed by atoms with Crippen LogP contribution in [0, 0.1) is 0 Å². The number of rotatable bonds is 0. The summed E-state index contributed by atoms with van der Waals surface area (Å²) in [6.07, 6.45) is 2.75. The number of aromatic nitrogens is 3. The molecule has 0 aliphatic rings. The Balaban J connectivity index is 3.15. The Kier molecular flexibility index (Phi) is 1.89. The molecule has 2 heterocycles. The van der Waals surface area contributed by atoms with Crippen molar-refractivity contribution >= 4 is 22.5 Å². The Hall–Kier alpha value is -1.62. The van der Waals surface area contributed by atoms with Crippen LogP contribution in [0.4, 0.5) is 0 Å². The van der Waals surface area contributed by atoms with Gasteiger partial charge in [0.2, 0.25) is 5.43 Å². The van der Waals surface area contributed by atoms with Gasteiger partial charge in [0.05, 0.1) is 11.7 Å². The van der Waals surface area contributed by atoms with Gasteiger partial charge in [-0.2, -0.15) is 5.10 Å². The monoisotopic (exact) mass is 211 g/mol. The molecule has 0 radical (unpaired) electrons. The van der Waals surface area contributed by atoms with E-state index in [1.54, 1.807) is 0 Å². The molecule has 5 nitrogen and oxygen atoms in total. The van der Waals surface area contributed by atoms with Gasteiger partial charge >= 0.3 is 0 Å². The normalized spacial score (nSPS) is 10.7. The summed E-state index contributed by atoms with van der Waals surface area (Å²) in [6.45, 7) is 0. The number of nitrogens with one attached hydrogen (secondary N) is 1. The number of H-pyrrole nitrogens is 1. The Morgan fingerprint density at radius 1 is 1.50 bits per heavy atom. The fraction of sp³-hybridized carbons (Fsp3) is 0.125.